The van der Waals surface area contributed by atoms with Crippen LogP contribution in [0.4, 0.5) is 0 Å². The minimum absolute atomic E-state index is 0.137. The molecule has 3 aromatic carbocycles. The summed E-state index contributed by atoms with van der Waals surface area (Å²) >= 11 is 0. The quantitative estimate of drug-likeness (QED) is 0.465. The van der Waals surface area contributed by atoms with Gasteiger partial charge in [-0.15, -0.1) is 0 Å². The lowest BCUT2D eigenvalue weighted by molar-refractivity contribution is -0.130. The maximum atomic E-state index is 12.6. The Hall–Kier alpha value is -4.39. The van der Waals surface area contributed by atoms with E-state index in [-0.39, 0.29) is 17.7 Å². The van der Waals surface area contributed by atoms with E-state index < -0.39 is 0 Å². The molecule has 1 aliphatic heterocycles. The van der Waals surface area contributed by atoms with E-state index in [9.17, 15) is 9.90 Å². The van der Waals surface area contributed by atoms with Crippen LogP contribution in [0.1, 0.15) is 30.5 Å². The first-order chi connectivity index (χ1) is 16.5. The number of aromatic nitrogens is 2. The van der Waals surface area contributed by atoms with Crippen LogP contribution in [0.25, 0.3) is 16.9 Å². The predicted octanol–water partition coefficient (Wildman–Crippen LogP) is 4.95. The lowest BCUT2D eigenvalue weighted by Gasteiger charge is -2.20. The van der Waals surface area contributed by atoms with Crippen molar-refractivity contribution in [3.8, 4) is 28.4 Å². The number of benzene rings is 3. The van der Waals surface area contributed by atoms with E-state index in [1.54, 1.807) is 19.2 Å². The van der Waals surface area contributed by atoms with Crippen molar-refractivity contribution in [1.82, 2.24) is 14.8 Å². The summed E-state index contributed by atoms with van der Waals surface area (Å²) in [6, 6.07) is 24.2. The maximum absolute atomic E-state index is 12.6. The SMILES string of the molecule is COc1cccc(-c2nn(-c3ccccc3)cc2C2CC(c3ccccc3O)=NN2C(C)=O)c1. The highest BCUT2D eigenvalue weighted by atomic mass is 16.5. The van der Waals surface area contributed by atoms with Crippen molar-refractivity contribution in [3.05, 3.63) is 96.2 Å². The molecule has 5 rings (SSSR count). The molecule has 0 bridgehead atoms. The number of aromatic hydroxyl groups is 1. The van der Waals surface area contributed by atoms with Crippen molar-refractivity contribution in [2.24, 2.45) is 5.10 Å². The molecule has 0 spiro atoms. The zero-order valence-corrected chi connectivity index (χ0v) is 18.9. The summed E-state index contributed by atoms with van der Waals surface area (Å²) in [6.07, 6.45) is 2.41. The van der Waals surface area contributed by atoms with Crippen molar-refractivity contribution < 1.29 is 14.6 Å². The zero-order chi connectivity index (χ0) is 23.7. The molecule has 0 fully saturated rings. The number of carbonyl (C=O) groups is 1. The smallest absolute Gasteiger partial charge is 0.240 e. The van der Waals surface area contributed by atoms with Gasteiger partial charge in [0.15, 0.2) is 0 Å². The lowest BCUT2D eigenvalue weighted by atomic mass is 9.96. The van der Waals surface area contributed by atoms with Crippen LogP contribution in [-0.2, 0) is 4.79 Å². The van der Waals surface area contributed by atoms with Crippen molar-refractivity contribution >= 4 is 11.6 Å². The van der Waals surface area contributed by atoms with E-state index in [2.05, 4.69) is 5.10 Å². The normalized spacial score (nSPS) is 15.3. The highest BCUT2D eigenvalue weighted by molar-refractivity contribution is 6.05. The Labute approximate surface area is 197 Å². The number of amides is 1. The first-order valence-corrected chi connectivity index (χ1v) is 11.0. The van der Waals surface area contributed by atoms with Gasteiger partial charge in [0.2, 0.25) is 5.91 Å². The zero-order valence-electron chi connectivity index (χ0n) is 18.9. The van der Waals surface area contributed by atoms with Gasteiger partial charge in [-0.2, -0.15) is 10.2 Å². The molecular formula is C27H24N4O3. The Balaban J connectivity index is 1.64. The van der Waals surface area contributed by atoms with Gasteiger partial charge in [-0.3, -0.25) is 4.79 Å². The number of methoxy groups -OCH3 is 1. The van der Waals surface area contributed by atoms with Gasteiger partial charge < -0.3 is 9.84 Å². The molecule has 1 aliphatic rings. The standard InChI is InChI=1S/C27H24N4O3/c1-18(32)31-25(16-24(28-31)22-13-6-7-14-26(22)33)23-17-30(20-10-4-3-5-11-20)29-27(23)19-9-8-12-21(15-19)34-2/h3-15,17,25,33H,16H2,1-2H3. The second-order valence-electron chi connectivity index (χ2n) is 8.09. The molecule has 7 nitrogen and oxygen atoms in total. The van der Waals surface area contributed by atoms with Crippen molar-refractivity contribution in [3.63, 3.8) is 0 Å². The molecule has 1 N–H and O–H groups in total. The van der Waals surface area contributed by atoms with Crippen LogP contribution >= 0.6 is 0 Å². The summed E-state index contributed by atoms with van der Waals surface area (Å²) in [4.78, 5) is 12.6. The van der Waals surface area contributed by atoms with E-state index in [0.717, 1.165) is 28.3 Å². The molecule has 1 atom stereocenters. The summed E-state index contributed by atoms with van der Waals surface area (Å²) < 4.78 is 7.25. The first kappa shape index (κ1) is 21.5. The topological polar surface area (TPSA) is 80.0 Å². The molecule has 2 heterocycles. The minimum atomic E-state index is -0.370. The van der Waals surface area contributed by atoms with Crippen molar-refractivity contribution in [2.75, 3.05) is 7.11 Å². The van der Waals surface area contributed by atoms with Crippen LogP contribution in [0, 0.1) is 0 Å². The van der Waals surface area contributed by atoms with Crippen LogP contribution in [-0.4, -0.2) is 38.6 Å². The van der Waals surface area contributed by atoms with Crippen LogP contribution in [0.3, 0.4) is 0 Å². The molecule has 0 saturated carbocycles. The molecule has 170 valence electrons. The average molecular weight is 453 g/mol. The third kappa shape index (κ3) is 3.92. The Morgan fingerprint density at radius 2 is 1.79 bits per heavy atom. The maximum Gasteiger partial charge on any atom is 0.240 e. The molecule has 34 heavy (non-hydrogen) atoms. The number of phenolic OH excluding ortho intramolecular Hbond substituents is 1. The fourth-order valence-electron chi connectivity index (χ4n) is 4.26. The van der Waals surface area contributed by atoms with Gasteiger partial charge in [0, 0.05) is 36.2 Å². The summed E-state index contributed by atoms with van der Waals surface area (Å²) in [7, 11) is 1.63. The van der Waals surface area contributed by atoms with Gasteiger partial charge in [0.1, 0.15) is 11.5 Å². The fraction of sp³-hybridized carbons (Fsp3) is 0.148. The number of hydrogen-bond donors (Lipinski definition) is 1. The highest BCUT2D eigenvalue weighted by Crippen LogP contribution is 2.39. The average Bonchev–Trinajstić information content (AvgIpc) is 3.50. The van der Waals surface area contributed by atoms with Crippen molar-refractivity contribution in [1.29, 1.82) is 0 Å². The Morgan fingerprint density at radius 1 is 1.03 bits per heavy atom. The number of ether oxygens (including phenoxy) is 1. The number of rotatable bonds is 5. The summed E-state index contributed by atoms with van der Waals surface area (Å²) in [5.74, 6) is 0.677. The molecule has 0 aliphatic carbocycles. The second-order valence-corrected chi connectivity index (χ2v) is 8.09. The molecule has 1 aromatic heterocycles. The van der Waals surface area contributed by atoms with Crippen LogP contribution in [0.15, 0.2) is 90.2 Å². The second kappa shape index (κ2) is 8.86. The number of phenols is 1. The molecule has 1 amide bonds. The third-order valence-electron chi connectivity index (χ3n) is 5.91. The van der Waals surface area contributed by atoms with Gasteiger partial charge in [-0.1, -0.05) is 42.5 Å². The van der Waals surface area contributed by atoms with E-state index >= 15 is 0 Å². The molecule has 7 heteroatoms. The fourth-order valence-corrected chi connectivity index (χ4v) is 4.26. The molecule has 1 unspecified atom stereocenters. The number of carbonyl (C=O) groups excluding carboxylic acids is 1. The Bertz CT molecular complexity index is 1380. The molecular weight excluding hydrogens is 428 g/mol. The van der Waals surface area contributed by atoms with Gasteiger partial charge in [-0.25, -0.2) is 9.69 Å². The Kier molecular flexibility index (Phi) is 5.59. The third-order valence-corrected chi connectivity index (χ3v) is 5.91. The van der Waals surface area contributed by atoms with Crippen LogP contribution in [0.5, 0.6) is 11.5 Å². The van der Waals surface area contributed by atoms with Gasteiger partial charge in [-0.05, 0) is 36.4 Å². The van der Waals surface area contributed by atoms with Gasteiger partial charge in [0.05, 0.1) is 30.2 Å². The number of hydrazone groups is 1. The summed E-state index contributed by atoms with van der Waals surface area (Å²) in [5, 5.41) is 21.4. The van der Waals surface area contributed by atoms with Crippen LogP contribution < -0.4 is 4.74 Å². The van der Waals surface area contributed by atoms with Crippen molar-refractivity contribution in [2.45, 2.75) is 19.4 Å². The van der Waals surface area contributed by atoms with Crippen LogP contribution in [0.2, 0.25) is 0 Å². The summed E-state index contributed by atoms with van der Waals surface area (Å²) in [6.45, 7) is 1.50. The highest BCUT2D eigenvalue weighted by Gasteiger charge is 2.35. The van der Waals surface area contributed by atoms with E-state index in [4.69, 9.17) is 9.84 Å². The Morgan fingerprint density at radius 3 is 2.53 bits per heavy atom. The molecule has 4 aromatic rings. The van der Waals surface area contributed by atoms with Gasteiger partial charge in [0.25, 0.3) is 0 Å². The van der Waals surface area contributed by atoms with Gasteiger partial charge >= 0.3 is 0 Å². The summed E-state index contributed by atoms with van der Waals surface area (Å²) in [5.41, 5.74) is 4.67. The number of nitrogens with zero attached hydrogens (tertiary/aromatic N) is 4. The minimum Gasteiger partial charge on any atom is -0.507 e. The lowest BCUT2D eigenvalue weighted by Crippen LogP contribution is -2.24. The largest absolute Gasteiger partial charge is 0.507 e. The van der Waals surface area contributed by atoms with E-state index in [1.807, 2.05) is 77.6 Å². The molecule has 0 radical (unpaired) electrons. The predicted molar refractivity (Wildman–Crippen MR) is 130 cm³/mol. The van der Waals surface area contributed by atoms with E-state index in [0.29, 0.717) is 17.7 Å². The first-order valence-electron chi connectivity index (χ1n) is 11.0. The number of para-hydroxylation sites is 2. The van der Waals surface area contributed by atoms with E-state index in [1.165, 1.54) is 11.9 Å². The molecule has 0 saturated heterocycles. The monoisotopic (exact) mass is 452 g/mol. The number of hydrogen-bond acceptors (Lipinski definition) is 5.